The summed E-state index contributed by atoms with van der Waals surface area (Å²) in [5.41, 5.74) is 0.490. The first-order chi connectivity index (χ1) is 16.8. The molecule has 4 aromatic rings. The van der Waals surface area contributed by atoms with Crippen LogP contribution in [0.4, 0.5) is 9.52 Å². The monoisotopic (exact) mass is 513 g/mol. The van der Waals surface area contributed by atoms with Crippen LogP contribution in [0.5, 0.6) is 0 Å². The van der Waals surface area contributed by atoms with Crippen molar-refractivity contribution in [1.29, 1.82) is 0 Å². The number of piperidine rings is 1. The lowest BCUT2D eigenvalue weighted by Gasteiger charge is -2.29. The van der Waals surface area contributed by atoms with Gasteiger partial charge in [-0.3, -0.25) is 9.69 Å². The summed E-state index contributed by atoms with van der Waals surface area (Å²) >= 11 is 1.20. The van der Waals surface area contributed by atoms with Crippen LogP contribution in [0.3, 0.4) is 0 Å². The molecule has 1 aliphatic rings. The van der Waals surface area contributed by atoms with Gasteiger partial charge in [0.25, 0.3) is 5.91 Å². The lowest BCUT2D eigenvalue weighted by Crippen LogP contribution is -2.37. The maximum atomic E-state index is 14.3. The second-order valence-corrected chi connectivity index (χ2v) is 11.6. The summed E-state index contributed by atoms with van der Waals surface area (Å²) in [7, 11) is -3.62. The fourth-order valence-electron chi connectivity index (χ4n) is 4.10. The van der Waals surface area contributed by atoms with Crippen LogP contribution in [-0.4, -0.2) is 36.7 Å². The third-order valence-corrected chi connectivity index (χ3v) is 9.17. The Morgan fingerprint density at radius 1 is 1.14 bits per heavy atom. The van der Waals surface area contributed by atoms with E-state index in [-0.39, 0.29) is 17.0 Å². The van der Waals surface area contributed by atoms with Crippen molar-refractivity contribution in [2.24, 2.45) is 5.92 Å². The topological polar surface area (TPSA) is 83.7 Å². The van der Waals surface area contributed by atoms with Gasteiger partial charge >= 0.3 is 0 Å². The minimum absolute atomic E-state index is 0.0965. The first-order valence-electron chi connectivity index (χ1n) is 11.3. The van der Waals surface area contributed by atoms with E-state index < -0.39 is 21.7 Å². The molecule has 1 amide bonds. The largest absolute Gasteiger partial charge is 0.467 e. The third kappa shape index (κ3) is 4.73. The Bertz CT molecular complexity index is 1440. The molecule has 2 aromatic carbocycles. The van der Waals surface area contributed by atoms with Crippen LogP contribution in [0.2, 0.25) is 0 Å². The highest BCUT2D eigenvalue weighted by atomic mass is 32.2. The average Bonchev–Trinajstić information content (AvgIpc) is 3.53. The Hall–Kier alpha value is -3.08. The standard InChI is InChI=1S/C25H24FN3O4S2/c1-17-11-13-28(14-12-17)35(31,32)20-9-7-18(8-10-20)24(30)29(16-19-4-3-15-33-19)25-27-23-21(26)5-2-6-22(23)34-25/h2-10,15,17H,11-14,16H2,1H3. The average molecular weight is 514 g/mol. The molecule has 0 spiro atoms. The molecule has 3 heterocycles. The Morgan fingerprint density at radius 3 is 2.54 bits per heavy atom. The summed E-state index contributed by atoms with van der Waals surface area (Å²) in [5.74, 6) is 0.197. The first kappa shape index (κ1) is 23.7. The molecule has 1 aliphatic heterocycles. The van der Waals surface area contributed by atoms with Gasteiger partial charge in [0.2, 0.25) is 10.0 Å². The predicted molar refractivity (Wildman–Crippen MR) is 132 cm³/mol. The van der Waals surface area contributed by atoms with E-state index in [1.54, 1.807) is 24.3 Å². The van der Waals surface area contributed by atoms with Crippen molar-refractivity contribution in [3.8, 4) is 0 Å². The summed E-state index contributed by atoms with van der Waals surface area (Å²) < 4.78 is 47.9. The summed E-state index contributed by atoms with van der Waals surface area (Å²) in [6, 6.07) is 14.1. The number of rotatable bonds is 6. The third-order valence-electron chi connectivity index (χ3n) is 6.21. The molecule has 0 saturated carbocycles. The van der Waals surface area contributed by atoms with E-state index in [0.717, 1.165) is 12.8 Å². The number of sulfonamides is 1. The molecule has 1 saturated heterocycles. The highest BCUT2D eigenvalue weighted by Gasteiger charge is 2.29. The predicted octanol–water partition coefficient (Wildman–Crippen LogP) is 5.30. The molecule has 0 bridgehead atoms. The Kier molecular flexibility index (Phi) is 6.43. The van der Waals surface area contributed by atoms with E-state index >= 15 is 0 Å². The number of anilines is 1. The molecule has 0 radical (unpaired) electrons. The molecular formula is C25H24FN3O4S2. The van der Waals surface area contributed by atoms with E-state index in [1.807, 2.05) is 0 Å². The van der Waals surface area contributed by atoms with Gasteiger partial charge in [-0.15, -0.1) is 0 Å². The molecule has 10 heteroatoms. The molecule has 35 heavy (non-hydrogen) atoms. The van der Waals surface area contributed by atoms with E-state index in [4.69, 9.17) is 4.42 Å². The van der Waals surface area contributed by atoms with Crippen LogP contribution in [0, 0.1) is 11.7 Å². The van der Waals surface area contributed by atoms with Crippen molar-refractivity contribution in [3.05, 3.63) is 78.0 Å². The maximum absolute atomic E-state index is 14.3. The number of hydrogen-bond donors (Lipinski definition) is 0. The number of carbonyl (C=O) groups excluding carboxylic acids is 1. The van der Waals surface area contributed by atoms with Gasteiger partial charge in [-0.1, -0.05) is 24.3 Å². The first-order valence-corrected chi connectivity index (χ1v) is 13.6. The van der Waals surface area contributed by atoms with Crippen molar-refractivity contribution < 1.29 is 22.0 Å². The Labute approximate surface area is 206 Å². The number of carbonyl (C=O) groups is 1. The van der Waals surface area contributed by atoms with Crippen LogP contribution in [-0.2, 0) is 16.6 Å². The number of nitrogens with zero attached hydrogens (tertiary/aromatic N) is 3. The molecule has 0 atom stereocenters. The highest BCUT2D eigenvalue weighted by Crippen LogP contribution is 2.32. The zero-order valence-electron chi connectivity index (χ0n) is 19.1. The normalized spacial score (nSPS) is 15.5. The number of halogens is 1. The second-order valence-electron chi connectivity index (χ2n) is 8.66. The molecule has 182 valence electrons. The van der Waals surface area contributed by atoms with E-state index in [2.05, 4.69) is 11.9 Å². The van der Waals surface area contributed by atoms with Gasteiger partial charge in [0.1, 0.15) is 17.1 Å². The number of amides is 1. The lowest BCUT2D eigenvalue weighted by molar-refractivity contribution is 0.0983. The molecule has 1 fully saturated rings. The molecule has 5 rings (SSSR count). The molecular weight excluding hydrogens is 489 g/mol. The van der Waals surface area contributed by atoms with Crippen molar-refractivity contribution in [2.75, 3.05) is 18.0 Å². The maximum Gasteiger partial charge on any atom is 0.260 e. The number of para-hydroxylation sites is 1. The minimum atomic E-state index is -3.62. The quantitative estimate of drug-likeness (QED) is 0.350. The molecule has 0 unspecified atom stereocenters. The molecule has 7 nitrogen and oxygen atoms in total. The number of aromatic nitrogens is 1. The van der Waals surface area contributed by atoms with Gasteiger partial charge in [0.05, 0.1) is 22.4 Å². The zero-order valence-corrected chi connectivity index (χ0v) is 20.7. The van der Waals surface area contributed by atoms with Crippen molar-refractivity contribution >= 4 is 42.6 Å². The molecule has 0 N–H and O–H groups in total. The van der Waals surface area contributed by atoms with Gasteiger partial charge in [0.15, 0.2) is 5.13 Å². The molecule has 2 aromatic heterocycles. The van der Waals surface area contributed by atoms with Crippen molar-refractivity contribution in [2.45, 2.75) is 31.2 Å². The summed E-state index contributed by atoms with van der Waals surface area (Å²) in [5, 5.41) is 0.325. The van der Waals surface area contributed by atoms with Crippen LogP contribution >= 0.6 is 11.3 Å². The highest BCUT2D eigenvalue weighted by molar-refractivity contribution is 7.89. The number of hydrogen-bond acceptors (Lipinski definition) is 6. The van der Waals surface area contributed by atoms with Gasteiger partial charge in [-0.2, -0.15) is 4.31 Å². The Balaban J connectivity index is 1.44. The van der Waals surface area contributed by atoms with Crippen molar-refractivity contribution in [3.63, 3.8) is 0 Å². The summed E-state index contributed by atoms with van der Waals surface area (Å²) in [6.07, 6.45) is 3.18. The number of fused-ring (bicyclic) bond motifs is 1. The van der Waals surface area contributed by atoms with Gasteiger partial charge in [-0.25, -0.2) is 17.8 Å². The van der Waals surface area contributed by atoms with E-state index in [1.165, 1.54) is 57.1 Å². The fourth-order valence-corrected chi connectivity index (χ4v) is 6.55. The summed E-state index contributed by atoms with van der Waals surface area (Å²) in [4.78, 5) is 19.5. The number of thiazole rings is 1. The van der Waals surface area contributed by atoms with Gasteiger partial charge < -0.3 is 4.42 Å². The van der Waals surface area contributed by atoms with Crippen LogP contribution in [0.15, 0.2) is 70.2 Å². The summed E-state index contributed by atoms with van der Waals surface area (Å²) in [6.45, 7) is 3.21. The molecule has 0 aliphatic carbocycles. The van der Waals surface area contributed by atoms with Gasteiger partial charge in [-0.05, 0) is 67.3 Å². The zero-order chi connectivity index (χ0) is 24.6. The van der Waals surface area contributed by atoms with Crippen molar-refractivity contribution in [1.82, 2.24) is 9.29 Å². The van der Waals surface area contributed by atoms with E-state index in [9.17, 15) is 17.6 Å². The van der Waals surface area contributed by atoms with Crippen LogP contribution in [0.1, 0.15) is 35.9 Å². The fraction of sp³-hybridized carbons (Fsp3) is 0.280. The number of furan rings is 1. The SMILES string of the molecule is CC1CCN(S(=O)(=O)c2ccc(C(=O)N(Cc3ccco3)c3nc4c(F)cccc4s3)cc2)CC1. The van der Waals surface area contributed by atoms with E-state index in [0.29, 0.717) is 40.2 Å². The van der Waals surface area contributed by atoms with Gasteiger partial charge in [0, 0.05) is 18.7 Å². The lowest BCUT2D eigenvalue weighted by atomic mass is 10.0. The number of benzene rings is 2. The Morgan fingerprint density at radius 2 is 1.89 bits per heavy atom. The smallest absolute Gasteiger partial charge is 0.260 e. The minimum Gasteiger partial charge on any atom is -0.467 e. The van der Waals surface area contributed by atoms with Crippen LogP contribution in [0.25, 0.3) is 10.2 Å². The van der Waals surface area contributed by atoms with Crippen LogP contribution < -0.4 is 4.90 Å². The second kappa shape index (κ2) is 9.52.